The quantitative estimate of drug-likeness (QED) is 0.446. The van der Waals surface area contributed by atoms with E-state index in [1.807, 2.05) is 13.0 Å². The van der Waals surface area contributed by atoms with Gasteiger partial charge in [-0.15, -0.1) is 0 Å². The summed E-state index contributed by atoms with van der Waals surface area (Å²) in [6.07, 6.45) is 2.96. The smallest absolute Gasteiger partial charge is 0.230 e. The molecular formula is C29H36FN7O4. The molecule has 3 aromatic rings. The lowest BCUT2D eigenvalue weighted by Gasteiger charge is -2.35. The molecule has 11 nitrogen and oxygen atoms in total. The predicted octanol–water partition coefficient (Wildman–Crippen LogP) is 2.77. The SMILES string of the molecule is CN1CCN(c2nccc(-c3[nH]c(C4OCC(C)(C(=O)NCC5CCCO5)CO4)nc3-c3ccc(F)cc3)n2)CC1. The van der Waals surface area contributed by atoms with Gasteiger partial charge in [0.05, 0.1) is 41.8 Å². The zero-order valence-electron chi connectivity index (χ0n) is 23.4. The number of aromatic nitrogens is 4. The van der Waals surface area contributed by atoms with Crippen LogP contribution in [0.2, 0.25) is 0 Å². The number of benzene rings is 1. The highest BCUT2D eigenvalue weighted by Crippen LogP contribution is 2.36. The number of piperazine rings is 1. The fourth-order valence-electron chi connectivity index (χ4n) is 5.27. The van der Waals surface area contributed by atoms with Gasteiger partial charge in [0.25, 0.3) is 0 Å². The maximum Gasteiger partial charge on any atom is 0.230 e. The molecular weight excluding hydrogens is 529 g/mol. The first-order valence-corrected chi connectivity index (χ1v) is 14.1. The Labute approximate surface area is 238 Å². The third kappa shape index (κ3) is 6.10. The summed E-state index contributed by atoms with van der Waals surface area (Å²) in [6, 6.07) is 7.98. The molecule has 5 heterocycles. The number of hydrogen-bond donors (Lipinski definition) is 2. The van der Waals surface area contributed by atoms with Crippen LogP contribution in [0.4, 0.5) is 10.3 Å². The molecule has 3 fully saturated rings. The van der Waals surface area contributed by atoms with Crippen molar-refractivity contribution in [1.82, 2.24) is 30.2 Å². The highest BCUT2D eigenvalue weighted by molar-refractivity contribution is 5.82. The molecule has 0 aliphatic carbocycles. The molecule has 3 aliphatic heterocycles. The predicted molar refractivity (Wildman–Crippen MR) is 149 cm³/mol. The number of anilines is 1. The van der Waals surface area contributed by atoms with Crippen molar-refractivity contribution in [3.05, 3.63) is 48.2 Å². The van der Waals surface area contributed by atoms with Gasteiger partial charge >= 0.3 is 0 Å². The van der Waals surface area contributed by atoms with Crippen LogP contribution >= 0.6 is 0 Å². The molecule has 0 bridgehead atoms. The third-order valence-corrected chi connectivity index (χ3v) is 7.92. The third-order valence-electron chi connectivity index (χ3n) is 7.92. The van der Waals surface area contributed by atoms with Crippen molar-refractivity contribution in [2.75, 3.05) is 64.5 Å². The number of hydrogen-bond acceptors (Lipinski definition) is 9. The van der Waals surface area contributed by atoms with Crippen LogP contribution in [0, 0.1) is 11.2 Å². The average Bonchev–Trinajstić information content (AvgIpc) is 3.68. The van der Waals surface area contributed by atoms with Gasteiger partial charge in [0.15, 0.2) is 5.82 Å². The molecule has 2 aromatic heterocycles. The number of likely N-dealkylation sites (N-methyl/N-ethyl adjacent to an activating group) is 1. The van der Waals surface area contributed by atoms with E-state index in [1.165, 1.54) is 12.1 Å². The van der Waals surface area contributed by atoms with E-state index in [9.17, 15) is 9.18 Å². The van der Waals surface area contributed by atoms with Gasteiger partial charge in [-0.2, -0.15) is 0 Å². The van der Waals surface area contributed by atoms with E-state index in [0.717, 1.165) is 51.2 Å². The molecule has 12 heteroatoms. The Morgan fingerprint density at radius 3 is 2.56 bits per heavy atom. The summed E-state index contributed by atoms with van der Waals surface area (Å²) >= 11 is 0. The number of aromatic amines is 1. The molecule has 3 aliphatic rings. The number of H-pyrrole nitrogens is 1. The maximum atomic E-state index is 13.8. The Bertz CT molecular complexity index is 1350. The van der Waals surface area contributed by atoms with Gasteiger partial charge in [-0.05, 0) is 57.1 Å². The number of carbonyl (C=O) groups is 1. The van der Waals surface area contributed by atoms with Crippen molar-refractivity contribution >= 4 is 11.9 Å². The number of rotatable bonds is 7. The van der Waals surface area contributed by atoms with Gasteiger partial charge in [-0.25, -0.2) is 19.3 Å². The van der Waals surface area contributed by atoms with E-state index in [4.69, 9.17) is 24.2 Å². The van der Waals surface area contributed by atoms with Gasteiger partial charge in [0.1, 0.15) is 5.82 Å². The van der Waals surface area contributed by atoms with Crippen molar-refractivity contribution in [2.45, 2.75) is 32.2 Å². The van der Waals surface area contributed by atoms with Gasteiger partial charge < -0.3 is 34.3 Å². The summed E-state index contributed by atoms with van der Waals surface area (Å²) in [6.45, 7) is 6.92. The second-order valence-corrected chi connectivity index (χ2v) is 11.2. The summed E-state index contributed by atoms with van der Waals surface area (Å²) in [7, 11) is 2.10. The van der Waals surface area contributed by atoms with Crippen LogP contribution in [0.3, 0.4) is 0 Å². The summed E-state index contributed by atoms with van der Waals surface area (Å²) in [4.78, 5) is 34.9. The Morgan fingerprint density at radius 1 is 1.10 bits per heavy atom. The number of carbonyl (C=O) groups excluding carboxylic acids is 1. The lowest BCUT2D eigenvalue weighted by Crippen LogP contribution is -2.49. The van der Waals surface area contributed by atoms with Crippen LogP contribution < -0.4 is 10.2 Å². The lowest BCUT2D eigenvalue weighted by atomic mass is 9.91. The normalized spacial score (nSPS) is 25.4. The van der Waals surface area contributed by atoms with Gasteiger partial charge in [-0.3, -0.25) is 4.79 Å². The van der Waals surface area contributed by atoms with E-state index in [2.05, 4.69) is 32.1 Å². The maximum absolute atomic E-state index is 13.8. The van der Waals surface area contributed by atoms with Gasteiger partial charge in [-0.1, -0.05) is 0 Å². The zero-order valence-corrected chi connectivity index (χ0v) is 23.4. The van der Waals surface area contributed by atoms with Crippen molar-refractivity contribution < 1.29 is 23.4 Å². The van der Waals surface area contributed by atoms with Crippen LogP contribution in [-0.2, 0) is 19.0 Å². The van der Waals surface area contributed by atoms with E-state index in [0.29, 0.717) is 35.4 Å². The minimum atomic E-state index is -0.839. The van der Waals surface area contributed by atoms with Crippen LogP contribution in [0.25, 0.3) is 22.6 Å². The number of amides is 1. The Kier molecular flexibility index (Phi) is 7.98. The van der Waals surface area contributed by atoms with Crippen LogP contribution in [0.15, 0.2) is 36.5 Å². The van der Waals surface area contributed by atoms with Crippen molar-refractivity contribution in [2.24, 2.45) is 5.41 Å². The molecule has 3 saturated heterocycles. The Hall–Kier alpha value is -3.45. The number of nitrogens with zero attached hydrogens (tertiary/aromatic N) is 5. The zero-order chi connectivity index (χ0) is 28.4. The number of ether oxygens (including phenoxy) is 3. The van der Waals surface area contributed by atoms with E-state index in [-0.39, 0.29) is 31.0 Å². The Morgan fingerprint density at radius 2 is 1.85 bits per heavy atom. The summed E-state index contributed by atoms with van der Waals surface area (Å²) in [5.74, 6) is 0.630. The first kappa shape index (κ1) is 27.7. The monoisotopic (exact) mass is 565 g/mol. The first-order valence-electron chi connectivity index (χ1n) is 14.1. The van der Waals surface area contributed by atoms with E-state index >= 15 is 0 Å². The first-order chi connectivity index (χ1) is 19.9. The molecule has 1 aromatic carbocycles. The molecule has 1 atom stereocenters. The molecule has 1 unspecified atom stereocenters. The van der Waals surface area contributed by atoms with Crippen LogP contribution in [-0.4, -0.2) is 96.4 Å². The highest BCUT2D eigenvalue weighted by Gasteiger charge is 2.41. The molecule has 6 rings (SSSR count). The fourth-order valence-corrected chi connectivity index (χ4v) is 5.27. The fraction of sp³-hybridized carbons (Fsp3) is 0.517. The van der Waals surface area contributed by atoms with Crippen molar-refractivity contribution in [1.29, 1.82) is 0 Å². The van der Waals surface area contributed by atoms with E-state index in [1.54, 1.807) is 18.3 Å². The van der Waals surface area contributed by atoms with Crippen molar-refractivity contribution in [3.63, 3.8) is 0 Å². The van der Waals surface area contributed by atoms with Crippen molar-refractivity contribution in [3.8, 4) is 22.6 Å². The average molecular weight is 566 g/mol. The largest absolute Gasteiger partial charge is 0.376 e. The van der Waals surface area contributed by atoms with Gasteiger partial charge in [0, 0.05) is 51.1 Å². The summed E-state index contributed by atoms with van der Waals surface area (Å²) in [5.41, 5.74) is 1.78. The standard InChI is InChI=1S/C29H36FN7O4/c1-29(27(38)32-16-21-4-3-15-39-21)17-40-26(41-18-29)25-34-23(19-5-7-20(30)8-6-19)24(35-25)22-9-10-31-28(33-22)37-13-11-36(2)12-14-37/h5-10,21,26H,3-4,11-18H2,1-2H3,(H,32,38)(H,34,35). The summed E-state index contributed by atoms with van der Waals surface area (Å²) in [5, 5.41) is 2.99. The van der Waals surface area contributed by atoms with Crippen LogP contribution in [0.5, 0.6) is 0 Å². The summed E-state index contributed by atoms with van der Waals surface area (Å²) < 4.78 is 31.5. The molecule has 2 N–H and O–H groups in total. The molecule has 1 amide bonds. The van der Waals surface area contributed by atoms with Crippen LogP contribution in [0.1, 0.15) is 31.9 Å². The van der Waals surface area contributed by atoms with E-state index < -0.39 is 11.7 Å². The number of nitrogens with one attached hydrogen (secondary N) is 2. The van der Waals surface area contributed by atoms with Gasteiger partial charge in [0.2, 0.25) is 18.1 Å². The number of halogens is 1. The molecule has 0 spiro atoms. The topological polar surface area (TPSA) is 118 Å². The molecule has 41 heavy (non-hydrogen) atoms. The minimum Gasteiger partial charge on any atom is -0.376 e. The molecule has 0 saturated carbocycles. The Balaban J connectivity index is 1.22. The molecule has 218 valence electrons. The minimum absolute atomic E-state index is 0.0608. The molecule has 0 radical (unpaired) electrons. The second kappa shape index (κ2) is 11.8. The number of imidazole rings is 1. The highest BCUT2D eigenvalue weighted by atomic mass is 19.1. The lowest BCUT2D eigenvalue weighted by molar-refractivity contribution is -0.231. The second-order valence-electron chi connectivity index (χ2n) is 11.2.